The molecule has 148 valence electrons. The Labute approximate surface area is 168 Å². The van der Waals surface area contributed by atoms with Crippen LogP contribution in [0.3, 0.4) is 0 Å². The fourth-order valence-corrected chi connectivity index (χ4v) is 3.94. The number of amides is 1. The van der Waals surface area contributed by atoms with Crippen molar-refractivity contribution in [2.45, 2.75) is 0 Å². The second-order valence-electron chi connectivity index (χ2n) is 7.63. The number of aryl methyl sites for hydroxylation is 1. The zero-order chi connectivity index (χ0) is 20.1. The van der Waals surface area contributed by atoms with Crippen LogP contribution in [0, 0.1) is 0 Å². The largest absolute Gasteiger partial charge is 0.398 e. The van der Waals surface area contributed by atoms with Crippen LogP contribution in [0.4, 0.5) is 5.69 Å². The number of benzene rings is 1. The number of aromatic nitrogens is 4. The lowest BCUT2D eigenvalue weighted by Gasteiger charge is -2.32. The fourth-order valence-electron chi connectivity index (χ4n) is 3.94. The summed E-state index contributed by atoms with van der Waals surface area (Å²) in [7, 11) is 3.98. The van der Waals surface area contributed by atoms with Gasteiger partial charge in [0, 0.05) is 56.1 Å². The van der Waals surface area contributed by atoms with Crippen molar-refractivity contribution in [3.63, 3.8) is 0 Å². The zero-order valence-electron chi connectivity index (χ0n) is 16.5. The SMILES string of the molecule is CN1CCN(C(=O)c2ccc3c(-c4cnc5ccc(N)cn45)nn(C)c3c2)CC1. The minimum absolute atomic E-state index is 0.0744. The Bertz CT molecular complexity index is 1230. The molecule has 0 atom stereocenters. The number of carbonyl (C=O) groups is 1. The highest BCUT2D eigenvalue weighted by Gasteiger charge is 2.22. The molecule has 1 fully saturated rings. The number of hydrogen-bond acceptors (Lipinski definition) is 5. The fraction of sp³-hybridized carbons (Fsp3) is 0.286. The van der Waals surface area contributed by atoms with E-state index in [-0.39, 0.29) is 5.91 Å². The Balaban J connectivity index is 1.56. The van der Waals surface area contributed by atoms with E-state index in [9.17, 15) is 4.79 Å². The van der Waals surface area contributed by atoms with E-state index in [0.717, 1.165) is 54.1 Å². The van der Waals surface area contributed by atoms with Gasteiger partial charge in [-0.05, 0) is 37.4 Å². The molecular weight excluding hydrogens is 366 g/mol. The van der Waals surface area contributed by atoms with Gasteiger partial charge in [-0.3, -0.25) is 13.9 Å². The van der Waals surface area contributed by atoms with Crippen LogP contribution in [-0.2, 0) is 7.05 Å². The molecule has 0 unspecified atom stereocenters. The summed E-state index contributed by atoms with van der Waals surface area (Å²) in [5.74, 6) is 0.0744. The van der Waals surface area contributed by atoms with Crippen LogP contribution in [0.25, 0.3) is 27.9 Å². The van der Waals surface area contributed by atoms with Crippen molar-refractivity contribution in [2.75, 3.05) is 39.0 Å². The number of nitrogen functional groups attached to an aromatic ring is 1. The molecule has 4 aromatic rings. The van der Waals surface area contributed by atoms with Crippen molar-refractivity contribution in [1.29, 1.82) is 0 Å². The molecule has 1 amide bonds. The van der Waals surface area contributed by atoms with E-state index >= 15 is 0 Å². The van der Waals surface area contributed by atoms with E-state index in [1.807, 2.05) is 57.6 Å². The van der Waals surface area contributed by atoms with Gasteiger partial charge in [0.05, 0.1) is 17.4 Å². The number of likely N-dealkylation sites (N-methyl/N-ethyl adjacent to an activating group) is 1. The number of piperazine rings is 1. The van der Waals surface area contributed by atoms with Crippen LogP contribution in [0.1, 0.15) is 10.4 Å². The van der Waals surface area contributed by atoms with Crippen molar-refractivity contribution in [3.8, 4) is 11.4 Å². The van der Waals surface area contributed by atoms with Crippen LogP contribution >= 0.6 is 0 Å². The first-order valence-electron chi connectivity index (χ1n) is 9.69. The highest BCUT2D eigenvalue weighted by Crippen LogP contribution is 2.29. The third-order valence-corrected chi connectivity index (χ3v) is 5.66. The first-order valence-corrected chi connectivity index (χ1v) is 9.69. The molecular formula is C21H23N7O. The average molecular weight is 389 g/mol. The Morgan fingerprint density at radius 3 is 2.66 bits per heavy atom. The van der Waals surface area contributed by atoms with E-state index in [2.05, 4.69) is 16.9 Å². The third-order valence-electron chi connectivity index (χ3n) is 5.66. The molecule has 0 radical (unpaired) electrons. The lowest BCUT2D eigenvalue weighted by Crippen LogP contribution is -2.47. The molecule has 0 aliphatic carbocycles. The monoisotopic (exact) mass is 389 g/mol. The number of nitrogens with two attached hydrogens (primary N) is 1. The van der Waals surface area contributed by atoms with E-state index in [1.54, 1.807) is 6.20 Å². The summed E-state index contributed by atoms with van der Waals surface area (Å²) in [4.78, 5) is 21.6. The topological polar surface area (TPSA) is 84.7 Å². The molecule has 4 heterocycles. The molecule has 1 aliphatic heterocycles. The van der Waals surface area contributed by atoms with Crippen molar-refractivity contribution in [2.24, 2.45) is 7.05 Å². The summed E-state index contributed by atoms with van der Waals surface area (Å²) >= 11 is 0. The molecule has 3 aromatic heterocycles. The molecule has 0 bridgehead atoms. The van der Waals surface area contributed by atoms with Gasteiger partial charge in [0.15, 0.2) is 0 Å². The Morgan fingerprint density at radius 2 is 1.86 bits per heavy atom. The van der Waals surface area contributed by atoms with E-state index in [4.69, 9.17) is 10.8 Å². The number of pyridine rings is 1. The quantitative estimate of drug-likeness (QED) is 0.566. The summed E-state index contributed by atoms with van der Waals surface area (Å²) in [6.07, 6.45) is 3.66. The summed E-state index contributed by atoms with van der Waals surface area (Å²) in [5, 5.41) is 5.70. The minimum Gasteiger partial charge on any atom is -0.398 e. The molecule has 8 heteroatoms. The molecule has 0 spiro atoms. The van der Waals surface area contributed by atoms with Gasteiger partial charge in [0.2, 0.25) is 0 Å². The van der Waals surface area contributed by atoms with Crippen LogP contribution in [-0.4, -0.2) is 68.1 Å². The number of rotatable bonds is 2. The Morgan fingerprint density at radius 1 is 1.07 bits per heavy atom. The van der Waals surface area contributed by atoms with Gasteiger partial charge in [0.1, 0.15) is 11.3 Å². The second-order valence-corrected chi connectivity index (χ2v) is 7.63. The van der Waals surface area contributed by atoms with Gasteiger partial charge in [-0.15, -0.1) is 0 Å². The number of fused-ring (bicyclic) bond motifs is 2. The van der Waals surface area contributed by atoms with Crippen LogP contribution in [0.5, 0.6) is 0 Å². The number of hydrogen-bond donors (Lipinski definition) is 1. The maximum Gasteiger partial charge on any atom is 0.254 e. The van der Waals surface area contributed by atoms with Gasteiger partial charge in [-0.25, -0.2) is 4.98 Å². The van der Waals surface area contributed by atoms with E-state index in [1.165, 1.54) is 0 Å². The van der Waals surface area contributed by atoms with Crippen LogP contribution in [0.2, 0.25) is 0 Å². The van der Waals surface area contributed by atoms with Crippen molar-refractivity contribution in [1.82, 2.24) is 29.0 Å². The Kier molecular flexibility index (Phi) is 4.02. The first kappa shape index (κ1) is 17.7. The summed E-state index contributed by atoms with van der Waals surface area (Å²) in [5.41, 5.74) is 10.7. The van der Waals surface area contributed by atoms with E-state index < -0.39 is 0 Å². The maximum absolute atomic E-state index is 13.0. The lowest BCUT2D eigenvalue weighted by molar-refractivity contribution is 0.0664. The smallest absolute Gasteiger partial charge is 0.254 e. The number of nitrogens with zero attached hydrogens (tertiary/aromatic N) is 6. The molecule has 2 N–H and O–H groups in total. The van der Waals surface area contributed by atoms with Gasteiger partial charge in [0.25, 0.3) is 5.91 Å². The van der Waals surface area contributed by atoms with Gasteiger partial charge in [-0.2, -0.15) is 5.10 Å². The van der Waals surface area contributed by atoms with Gasteiger partial charge in [-0.1, -0.05) is 0 Å². The molecule has 5 rings (SSSR count). The molecule has 1 saturated heterocycles. The average Bonchev–Trinajstić information content (AvgIpc) is 3.28. The highest BCUT2D eigenvalue weighted by atomic mass is 16.2. The summed E-state index contributed by atoms with van der Waals surface area (Å²) in [6.45, 7) is 3.32. The molecule has 0 saturated carbocycles. The molecule has 1 aromatic carbocycles. The molecule has 29 heavy (non-hydrogen) atoms. The van der Waals surface area contributed by atoms with Crippen LogP contribution in [0.15, 0.2) is 42.7 Å². The summed E-state index contributed by atoms with van der Waals surface area (Å²) < 4.78 is 3.76. The van der Waals surface area contributed by atoms with Crippen molar-refractivity contribution in [3.05, 3.63) is 48.3 Å². The second kappa shape index (κ2) is 6.59. The molecule has 1 aliphatic rings. The zero-order valence-corrected chi connectivity index (χ0v) is 16.5. The standard InChI is InChI=1S/C21H23N7O/c1-25-7-9-27(10-8-25)21(29)14-3-5-16-17(11-14)26(2)24-20(16)18-12-23-19-6-4-15(22)13-28(18)19/h3-6,11-13H,7-10,22H2,1-2H3. The summed E-state index contributed by atoms with van der Waals surface area (Å²) in [6, 6.07) is 9.53. The van der Waals surface area contributed by atoms with E-state index in [0.29, 0.717) is 11.3 Å². The molecule has 8 nitrogen and oxygen atoms in total. The number of carbonyl (C=O) groups excluding carboxylic acids is 1. The van der Waals surface area contributed by atoms with Crippen molar-refractivity contribution >= 4 is 28.1 Å². The lowest BCUT2D eigenvalue weighted by atomic mass is 10.1. The van der Waals surface area contributed by atoms with Gasteiger partial charge < -0.3 is 15.5 Å². The normalized spacial score (nSPS) is 15.4. The predicted molar refractivity (Wildman–Crippen MR) is 113 cm³/mol. The minimum atomic E-state index is 0.0744. The first-order chi connectivity index (χ1) is 14.0. The number of anilines is 1. The third kappa shape index (κ3) is 2.92. The Hall–Kier alpha value is -3.39. The highest BCUT2D eigenvalue weighted by molar-refractivity contribution is 6.01. The van der Waals surface area contributed by atoms with Crippen LogP contribution < -0.4 is 5.73 Å². The predicted octanol–water partition coefficient (Wildman–Crippen LogP) is 1.86. The van der Waals surface area contributed by atoms with Gasteiger partial charge >= 0.3 is 0 Å². The maximum atomic E-state index is 13.0. The van der Waals surface area contributed by atoms with Crippen molar-refractivity contribution < 1.29 is 4.79 Å². The number of imidazole rings is 1.